The van der Waals surface area contributed by atoms with Gasteiger partial charge in [-0.25, -0.2) is 0 Å². The van der Waals surface area contributed by atoms with Gasteiger partial charge in [0.05, 0.1) is 17.0 Å². The molecule has 0 saturated heterocycles. The van der Waals surface area contributed by atoms with Crippen LogP contribution in [0.25, 0.3) is 0 Å². The van der Waals surface area contributed by atoms with Crippen LogP contribution in [0.1, 0.15) is 23.5 Å². The molecule has 1 rings (SSSR count). The number of aliphatic hydroxyl groups is 1. The van der Waals surface area contributed by atoms with Gasteiger partial charge >= 0.3 is 0 Å². The standard InChI is InChI=1S/C10H15NO2S2/c1-10(2,6-12)11(3)9(13)8-4-7(14)5-15-8/h4-5,12,14H,6H2,1-3H3. The largest absolute Gasteiger partial charge is 0.394 e. The quantitative estimate of drug-likeness (QED) is 0.798. The Balaban J connectivity index is 2.86. The van der Waals surface area contributed by atoms with Crippen LogP contribution in [0.5, 0.6) is 0 Å². The van der Waals surface area contributed by atoms with E-state index in [1.807, 2.05) is 19.2 Å². The van der Waals surface area contributed by atoms with Gasteiger partial charge in [0, 0.05) is 17.3 Å². The lowest BCUT2D eigenvalue weighted by molar-refractivity contribution is 0.0477. The zero-order chi connectivity index (χ0) is 11.6. The maximum atomic E-state index is 12.0. The number of likely N-dealkylation sites (N-methyl/N-ethyl adjacent to an activating group) is 1. The lowest BCUT2D eigenvalue weighted by Gasteiger charge is -2.33. The van der Waals surface area contributed by atoms with Gasteiger partial charge in [0.15, 0.2) is 0 Å². The number of aliphatic hydroxyl groups excluding tert-OH is 1. The molecule has 5 heteroatoms. The van der Waals surface area contributed by atoms with Crippen molar-refractivity contribution in [2.24, 2.45) is 0 Å². The van der Waals surface area contributed by atoms with Gasteiger partial charge in [0.1, 0.15) is 0 Å². The predicted molar refractivity (Wildman–Crippen MR) is 64.8 cm³/mol. The summed E-state index contributed by atoms with van der Waals surface area (Å²) < 4.78 is 0. The van der Waals surface area contributed by atoms with E-state index in [2.05, 4.69) is 12.6 Å². The zero-order valence-corrected chi connectivity index (χ0v) is 10.7. The third-order valence-electron chi connectivity index (χ3n) is 2.40. The van der Waals surface area contributed by atoms with Crippen LogP contribution in [-0.4, -0.2) is 35.1 Å². The topological polar surface area (TPSA) is 40.5 Å². The van der Waals surface area contributed by atoms with Crippen molar-refractivity contribution in [2.75, 3.05) is 13.7 Å². The number of hydrogen-bond donors (Lipinski definition) is 2. The lowest BCUT2D eigenvalue weighted by atomic mass is 10.1. The molecular weight excluding hydrogens is 230 g/mol. The number of nitrogens with zero attached hydrogens (tertiary/aromatic N) is 1. The zero-order valence-electron chi connectivity index (χ0n) is 9.02. The Morgan fingerprint density at radius 2 is 2.27 bits per heavy atom. The highest BCUT2D eigenvalue weighted by atomic mass is 32.1. The van der Waals surface area contributed by atoms with Crippen LogP contribution < -0.4 is 0 Å². The van der Waals surface area contributed by atoms with Crippen LogP contribution in [-0.2, 0) is 0 Å². The van der Waals surface area contributed by atoms with Gasteiger partial charge in [-0.05, 0) is 19.9 Å². The van der Waals surface area contributed by atoms with Gasteiger partial charge in [-0.15, -0.1) is 24.0 Å². The minimum Gasteiger partial charge on any atom is -0.394 e. The van der Waals surface area contributed by atoms with E-state index in [1.54, 1.807) is 18.0 Å². The fraction of sp³-hybridized carbons (Fsp3) is 0.500. The van der Waals surface area contributed by atoms with Crippen LogP contribution in [0.3, 0.4) is 0 Å². The average Bonchev–Trinajstić information content (AvgIpc) is 2.62. The summed E-state index contributed by atoms with van der Waals surface area (Å²) in [6.07, 6.45) is 0. The molecule has 0 atom stereocenters. The third-order valence-corrected chi connectivity index (χ3v) is 3.75. The van der Waals surface area contributed by atoms with E-state index in [9.17, 15) is 4.79 Å². The minimum absolute atomic E-state index is 0.0612. The van der Waals surface area contributed by atoms with Gasteiger partial charge in [0.2, 0.25) is 0 Å². The van der Waals surface area contributed by atoms with Gasteiger partial charge in [-0.2, -0.15) is 0 Å². The Morgan fingerprint density at radius 3 is 2.67 bits per heavy atom. The summed E-state index contributed by atoms with van der Waals surface area (Å²) in [6, 6.07) is 1.74. The van der Waals surface area contributed by atoms with Crippen molar-refractivity contribution in [2.45, 2.75) is 24.3 Å². The lowest BCUT2D eigenvalue weighted by Crippen LogP contribution is -2.47. The molecule has 0 aromatic carbocycles. The van der Waals surface area contributed by atoms with E-state index in [-0.39, 0.29) is 12.5 Å². The van der Waals surface area contributed by atoms with Crippen molar-refractivity contribution < 1.29 is 9.90 Å². The molecule has 1 heterocycles. The van der Waals surface area contributed by atoms with E-state index in [1.165, 1.54) is 11.3 Å². The molecule has 0 aliphatic carbocycles. The van der Waals surface area contributed by atoms with Crippen LogP contribution in [0.15, 0.2) is 16.3 Å². The predicted octanol–water partition coefficient (Wildman–Crippen LogP) is 1.88. The Bertz CT molecular complexity index is 360. The molecule has 0 aliphatic rings. The fourth-order valence-electron chi connectivity index (χ4n) is 0.985. The Kier molecular flexibility index (Phi) is 3.81. The van der Waals surface area contributed by atoms with Gasteiger partial charge in [0.25, 0.3) is 5.91 Å². The van der Waals surface area contributed by atoms with Crippen molar-refractivity contribution in [1.82, 2.24) is 4.90 Å². The average molecular weight is 245 g/mol. The van der Waals surface area contributed by atoms with E-state index < -0.39 is 5.54 Å². The molecule has 0 saturated carbocycles. The van der Waals surface area contributed by atoms with Crippen molar-refractivity contribution in [3.8, 4) is 0 Å². The first-order chi connectivity index (χ1) is 6.88. The number of carbonyl (C=O) groups excluding carboxylic acids is 1. The Morgan fingerprint density at radius 1 is 1.67 bits per heavy atom. The highest BCUT2D eigenvalue weighted by molar-refractivity contribution is 7.80. The molecule has 84 valence electrons. The highest BCUT2D eigenvalue weighted by Crippen LogP contribution is 2.22. The van der Waals surface area contributed by atoms with E-state index in [0.29, 0.717) is 4.88 Å². The van der Waals surface area contributed by atoms with Crippen molar-refractivity contribution in [3.63, 3.8) is 0 Å². The molecule has 0 spiro atoms. The first-order valence-electron chi connectivity index (χ1n) is 4.55. The SMILES string of the molecule is CN(C(=O)c1cc(S)cs1)C(C)(C)CO. The number of thiophene rings is 1. The molecule has 1 aromatic rings. The number of carbonyl (C=O) groups is 1. The summed E-state index contributed by atoms with van der Waals surface area (Å²) >= 11 is 5.52. The second kappa shape index (κ2) is 4.55. The molecule has 0 bridgehead atoms. The molecular formula is C10H15NO2S2. The van der Waals surface area contributed by atoms with Crippen LogP contribution in [0.2, 0.25) is 0 Å². The molecule has 1 aromatic heterocycles. The monoisotopic (exact) mass is 245 g/mol. The van der Waals surface area contributed by atoms with Crippen molar-refractivity contribution in [1.29, 1.82) is 0 Å². The summed E-state index contributed by atoms with van der Waals surface area (Å²) in [5.41, 5.74) is -0.544. The first-order valence-corrected chi connectivity index (χ1v) is 5.87. The van der Waals surface area contributed by atoms with Crippen molar-refractivity contribution in [3.05, 3.63) is 16.3 Å². The smallest absolute Gasteiger partial charge is 0.264 e. The van der Waals surface area contributed by atoms with Crippen LogP contribution >= 0.6 is 24.0 Å². The molecule has 0 unspecified atom stereocenters. The number of rotatable bonds is 3. The number of amides is 1. The normalized spacial score (nSPS) is 11.5. The minimum atomic E-state index is -0.544. The van der Waals surface area contributed by atoms with Gasteiger partial charge < -0.3 is 10.0 Å². The summed E-state index contributed by atoms with van der Waals surface area (Å²) in [7, 11) is 1.69. The molecule has 0 aliphatic heterocycles. The maximum absolute atomic E-state index is 12.0. The van der Waals surface area contributed by atoms with Gasteiger partial charge in [-0.1, -0.05) is 0 Å². The van der Waals surface area contributed by atoms with Gasteiger partial charge in [-0.3, -0.25) is 4.79 Å². The molecule has 0 radical (unpaired) electrons. The third kappa shape index (κ3) is 2.74. The van der Waals surface area contributed by atoms with Crippen LogP contribution in [0.4, 0.5) is 0 Å². The van der Waals surface area contributed by atoms with Crippen molar-refractivity contribution >= 4 is 29.9 Å². The summed E-state index contributed by atoms with van der Waals surface area (Å²) in [5.74, 6) is -0.0839. The molecule has 15 heavy (non-hydrogen) atoms. The van der Waals surface area contributed by atoms with E-state index in [0.717, 1.165) is 4.90 Å². The summed E-state index contributed by atoms with van der Waals surface area (Å²) in [5, 5.41) is 11.0. The van der Waals surface area contributed by atoms with E-state index >= 15 is 0 Å². The summed E-state index contributed by atoms with van der Waals surface area (Å²) in [6.45, 7) is 3.58. The highest BCUT2D eigenvalue weighted by Gasteiger charge is 2.28. The maximum Gasteiger partial charge on any atom is 0.264 e. The fourth-order valence-corrected chi connectivity index (χ4v) is 2.11. The van der Waals surface area contributed by atoms with Crippen LogP contribution in [0, 0.1) is 0 Å². The molecule has 1 amide bonds. The van der Waals surface area contributed by atoms with E-state index in [4.69, 9.17) is 5.11 Å². The second-order valence-electron chi connectivity index (χ2n) is 4.00. The molecule has 0 fully saturated rings. The molecule has 3 nitrogen and oxygen atoms in total. The second-order valence-corrected chi connectivity index (χ2v) is 5.43. The molecule has 1 N–H and O–H groups in total. The Hall–Kier alpha value is -0.520. The summed E-state index contributed by atoms with van der Waals surface area (Å²) in [4.78, 5) is 14.9. The first kappa shape index (κ1) is 12.5. The number of thiol groups is 1. The number of hydrogen-bond acceptors (Lipinski definition) is 4. The Labute approximate surface area is 99.1 Å².